The standard InChI is InChI=1S/C59H109NO5/c1-3-5-7-9-11-13-15-17-27-31-35-39-43-47-51-57(62)56(55-61)60-58(63)52-48-44-40-36-32-28-25-23-21-19-20-22-24-26-30-34-38-42-46-50-54-65-59(64)53-49-45-41-37-33-29-18-16-14-12-10-8-6-4-2/h10,12,16,18-19,21,47,51,56-57,61-62H,3-9,11,13-15,17,20,22-46,48-50,52-55H2,1-2H3,(H,60,63)/b12-10-,18-16-,21-19-,51-47+. The third-order valence-corrected chi connectivity index (χ3v) is 12.8. The largest absolute Gasteiger partial charge is 0.466 e. The molecule has 0 saturated heterocycles. The summed E-state index contributed by atoms with van der Waals surface area (Å²) in [6.07, 6.45) is 68.4. The molecule has 0 aromatic rings. The average Bonchev–Trinajstić information content (AvgIpc) is 3.31. The molecule has 3 N–H and O–H groups in total. The van der Waals surface area contributed by atoms with E-state index in [-0.39, 0.29) is 18.5 Å². The fourth-order valence-corrected chi connectivity index (χ4v) is 8.41. The predicted molar refractivity (Wildman–Crippen MR) is 282 cm³/mol. The molecule has 0 aromatic heterocycles. The Bertz CT molecular complexity index is 1100. The molecule has 0 saturated carbocycles. The van der Waals surface area contributed by atoms with Crippen LogP contribution in [0.25, 0.3) is 0 Å². The van der Waals surface area contributed by atoms with Crippen LogP contribution in [0.4, 0.5) is 0 Å². The molecule has 65 heavy (non-hydrogen) atoms. The van der Waals surface area contributed by atoms with Crippen molar-refractivity contribution in [2.45, 2.75) is 302 Å². The van der Waals surface area contributed by atoms with Gasteiger partial charge in [0.25, 0.3) is 0 Å². The molecule has 0 aliphatic heterocycles. The molecular weight excluding hydrogens is 803 g/mol. The molecule has 2 unspecified atom stereocenters. The van der Waals surface area contributed by atoms with Gasteiger partial charge in [0.2, 0.25) is 5.91 Å². The van der Waals surface area contributed by atoms with Gasteiger partial charge in [-0.3, -0.25) is 9.59 Å². The molecule has 0 heterocycles. The second-order valence-electron chi connectivity index (χ2n) is 19.3. The topological polar surface area (TPSA) is 95.9 Å². The van der Waals surface area contributed by atoms with Crippen molar-refractivity contribution >= 4 is 11.9 Å². The van der Waals surface area contributed by atoms with Crippen molar-refractivity contribution in [3.63, 3.8) is 0 Å². The van der Waals surface area contributed by atoms with Gasteiger partial charge in [0.15, 0.2) is 0 Å². The fourth-order valence-electron chi connectivity index (χ4n) is 8.41. The molecule has 2 atom stereocenters. The number of ether oxygens (including phenoxy) is 1. The molecule has 0 spiro atoms. The van der Waals surface area contributed by atoms with Crippen LogP contribution in [0.1, 0.15) is 290 Å². The van der Waals surface area contributed by atoms with E-state index in [0.29, 0.717) is 19.4 Å². The zero-order valence-corrected chi connectivity index (χ0v) is 43.2. The van der Waals surface area contributed by atoms with Crippen molar-refractivity contribution in [1.29, 1.82) is 0 Å². The normalized spacial score (nSPS) is 13.0. The molecule has 0 aliphatic carbocycles. The van der Waals surface area contributed by atoms with Gasteiger partial charge in [0.1, 0.15) is 0 Å². The number of carbonyl (C=O) groups excluding carboxylic acids is 2. The number of amides is 1. The average molecular weight is 913 g/mol. The Hall–Kier alpha value is -2.18. The number of hydrogen-bond acceptors (Lipinski definition) is 5. The first-order valence-corrected chi connectivity index (χ1v) is 28.4. The zero-order valence-electron chi connectivity index (χ0n) is 43.2. The number of esters is 1. The SMILES string of the molecule is CCCC/C=C\C/C=C\CCCCCCCC(=O)OCCCCCCCCCCC/C=C\CCCCCCCCCC(=O)NC(CO)C(O)/C=C/CCCCCCCCCCCCCC. The number of carbonyl (C=O) groups is 2. The van der Waals surface area contributed by atoms with Gasteiger partial charge in [0.05, 0.1) is 25.4 Å². The minimum atomic E-state index is -0.850. The summed E-state index contributed by atoms with van der Waals surface area (Å²) in [6, 6.07) is -0.635. The minimum Gasteiger partial charge on any atom is -0.466 e. The minimum absolute atomic E-state index is 0.00976. The highest BCUT2D eigenvalue weighted by molar-refractivity contribution is 5.76. The molecule has 0 aromatic carbocycles. The lowest BCUT2D eigenvalue weighted by molar-refractivity contribution is -0.143. The van der Waals surface area contributed by atoms with Crippen molar-refractivity contribution in [1.82, 2.24) is 5.32 Å². The third kappa shape index (κ3) is 51.1. The van der Waals surface area contributed by atoms with Gasteiger partial charge >= 0.3 is 5.97 Å². The number of hydrogen-bond donors (Lipinski definition) is 3. The highest BCUT2D eigenvalue weighted by Gasteiger charge is 2.18. The van der Waals surface area contributed by atoms with Crippen LogP contribution < -0.4 is 5.32 Å². The van der Waals surface area contributed by atoms with Crippen molar-refractivity contribution in [3.8, 4) is 0 Å². The quantitative estimate of drug-likeness (QED) is 0.0321. The van der Waals surface area contributed by atoms with Gasteiger partial charge < -0.3 is 20.3 Å². The maximum atomic E-state index is 12.4. The Morgan fingerprint density at radius 2 is 0.785 bits per heavy atom. The smallest absolute Gasteiger partial charge is 0.305 e. The summed E-state index contributed by atoms with van der Waals surface area (Å²) < 4.78 is 5.46. The van der Waals surface area contributed by atoms with Crippen molar-refractivity contribution in [2.24, 2.45) is 0 Å². The van der Waals surface area contributed by atoms with Crippen molar-refractivity contribution in [3.05, 3.63) is 48.6 Å². The van der Waals surface area contributed by atoms with Gasteiger partial charge in [-0.2, -0.15) is 0 Å². The number of aliphatic hydroxyl groups is 2. The predicted octanol–water partition coefficient (Wildman–Crippen LogP) is 17.4. The van der Waals surface area contributed by atoms with Crippen LogP contribution in [0.3, 0.4) is 0 Å². The van der Waals surface area contributed by atoms with Gasteiger partial charge in [-0.15, -0.1) is 0 Å². The van der Waals surface area contributed by atoms with Crippen LogP contribution in [0.2, 0.25) is 0 Å². The van der Waals surface area contributed by atoms with E-state index >= 15 is 0 Å². The van der Waals surface area contributed by atoms with Gasteiger partial charge in [-0.1, -0.05) is 242 Å². The Morgan fingerprint density at radius 1 is 0.431 bits per heavy atom. The molecule has 6 heteroatoms. The first-order chi connectivity index (χ1) is 32.0. The summed E-state index contributed by atoms with van der Waals surface area (Å²) >= 11 is 0. The van der Waals surface area contributed by atoms with E-state index < -0.39 is 12.1 Å². The van der Waals surface area contributed by atoms with Crippen LogP contribution in [0.5, 0.6) is 0 Å². The van der Waals surface area contributed by atoms with E-state index in [1.54, 1.807) is 6.08 Å². The maximum Gasteiger partial charge on any atom is 0.305 e. The lowest BCUT2D eigenvalue weighted by Crippen LogP contribution is -2.45. The Kier molecular flexibility index (Phi) is 52.6. The van der Waals surface area contributed by atoms with Crippen LogP contribution in [-0.2, 0) is 14.3 Å². The van der Waals surface area contributed by atoms with Gasteiger partial charge in [-0.05, 0) is 83.5 Å². The molecule has 380 valence electrons. The van der Waals surface area contributed by atoms with E-state index in [0.717, 1.165) is 57.8 Å². The summed E-state index contributed by atoms with van der Waals surface area (Å²) in [5, 5.41) is 23.1. The van der Waals surface area contributed by atoms with Crippen molar-refractivity contribution < 1.29 is 24.5 Å². The second-order valence-corrected chi connectivity index (χ2v) is 19.3. The number of rotatable bonds is 52. The highest BCUT2D eigenvalue weighted by atomic mass is 16.5. The molecule has 6 nitrogen and oxygen atoms in total. The monoisotopic (exact) mass is 912 g/mol. The summed E-state index contributed by atoms with van der Waals surface area (Å²) in [5.41, 5.74) is 0. The van der Waals surface area contributed by atoms with Crippen LogP contribution in [-0.4, -0.2) is 47.4 Å². The molecule has 0 fully saturated rings. The summed E-state index contributed by atoms with van der Waals surface area (Å²) in [4.78, 5) is 24.5. The van der Waals surface area contributed by atoms with E-state index in [1.165, 1.54) is 205 Å². The summed E-state index contributed by atoms with van der Waals surface area (Å²) in [7, 11) is 0. The number of nitrogens with one attached hydrogen (secondary N) is 1. The number of allylic oxidation sites excluding steroid dienone is 7. The molecular formula is C59H109NO5. The lowest BCUT2D eigenvalue weighted by Gasteiger charge is -2.20. The number of aliphatic hydroxyl groups excluding tert-OH is 2. The molecule has 1 amide bonds. The maximum absolute atomic E-state index is 12.4. The van der Waals surface area contributed by atoms with Crippen LogP contribution in [0, 0.1) is 0 Å². The van der Waals surface area contributed by atoms with E-state index in [1.807, 2.05) is 6.08 Å². The Labute approximate surface area is 404 Å². The third-order valence-electron chi connectivity index (χ3n) is 12.8. The Balaban J connectivity index is 3.47. The van der Waals surface area contributed by atoms with E-state index in [9.17, 15) is 19.8 Å². The first-order valence-electron chi connectivity index (χ1n) is 28.4. The van der Waals surface area contributed by atoms with Crippen LogP contribution in [0.15, 0.2) is 48.6 Å². The lowest BCUT2D eigenvalue weighted by atomic mass is 10.0. The van der Waals surface area contributed by atoms with Crippen LogP contribution >= 0.6 is 0 Å². The Morgan fingerprint density at radius 3 is 1.23 bits per heavy atom. The molecule has 0 rings (SSSR count). The van der Waals surface area contributed by atoms with Gasteiger partial charge in [0, 0.05) is 12.8 Å². The number of unbranched alkanes of at least 4 members (excludes halogenated alkanes) is 35. The highest BCUT2D eigenvalue weighted by Crippen LogP contribution is 2.15. The van der Waals surface area contributed by atoms with E-state index in [2.05, 4.69) is 55.6 Å². The second kappa shape index (κ2) is 54.4. The van der Waals surface area contributed by atoms with Gasteiger partial charge in [-0.25, -0.2) is 0 Å². The summed E-state index contributed by atoms with van der Waals surface area (Å²) in [6.45, 7) is 4.84. The first kappa shape index (κ1) is 62.8. The summed E-state index contributed by atoms with van der Waals surface area (Å²) in [5.74, 6) is -0.0872. The van der Waals surface area contributed by atoms with E-state index in [4.69, 9.17) is 4.74 Å². The molecule has 0 radical (unpaired) electrons. The zero-order chi connectivity index (χ0) is 47.2. The molecule has 0 bridgehead atoms. The molecule has 0 aliphatic rings. The fraction of sp³-hybridized carbons (Fsp3) is 0.831. The van der Waals surface area contributed by atoms with Crippen molar-refractivity contribution in [2.75, 3.05) is 13.2 Å².